The average Bonchev–Trinajstić information content (AvgIpc) is 3.34. The molecule has 0 aliphatic carbocycles. The lowest BCUT2D eigenvalue weighted by molar-refractivity contribution is -0.126. The summed E-state index contributed by atoms with van der Waals surface area (Å²) in [6.45, 7) is 3.42. The standard InChI is InChI=1S/C20H23N7OS/c1-14-13-23-20(29-14)25-19-18(21-9-10-22-19)15-6-11-27(12-7-15)17(28)4-3-16-5-8-24-26(16)2/h3-5,8-10,13,15H,6-7,11-12H2,1-2H3,(H,22,23,25)/b4-3+. The fraction of sp³-hybridized carbons (Fsp3) is 0.350. The van der Waals surface area contributed by atoms with E-state index in [1.165, 1.54) is 0 Å². The number of likely N-dealkylation sites (tertiary alicyclic amines) is 1. The van der Waals surface area contributed by atoms with E-state index in [4.69, 9.17) is 0 Å². The number of hydrogen-bond donors (Lipinski definition) is 1. The average molecular weight is 410 g/mol. The molecule has 9 heteroatoms. The quantitative estimate of drug-likeness (QED) is 0.651. The van der Waals surface area contributed by atoms with Gasteiger partial charge in [-0.1, -0.05) is 0 Å². The molecule has 1 fully saturated rings. The molecular formula is C20H23N7OS. The van der Waals surface area contributed by atoms with Gasteiger partial charge in [-0.3, -0.25) is 14.5 Å². The molecule has 1 amide bonds. The first-order chi connectivity index (χ1) is 14.1. The Morgan fingerprint density at radius 2 is 2.00 bits per heavy atom. The predicted molar refractivity (Wildman–Crippen MR) is 113 cm³/mol. The second kappa shape index (κ2) is 8.52. The third kappa shape index (κ3) is 4.51. The molecule has 0 saturated carbocycles. The first-order valence-corrected chi connectivity index (χ1v) is 10.4. The van der Waals surface area contributed by atoms with Crippen LogP contribution in [0.4, 0.5) is 10.9 Å². The van der Waals surface area contributed by atoms with Crippen LogP contribution in [0.3, 0.4) is 0 Å². The van der Waals surface area contributed by atoms with E-state index in [9.17, 15) is 4.79 Å². The Bertz CT molecular complexity index is 1020. The topological polar surface area (TPSA) is 88.8 Å². The zero-order valence-corrected chi connectivity index (χ0v) is 17.3. The third-order valence-electron chi connectivity index (χ3n) is 5.02. The number of aromatic nitrogens is 5. The van der Waals surface area contributed by atoms with E-state index in [1.807, 2.05) is 37.2 Å². The van der Waals surface area contributed by atoms with Crippen molar-refractivity contribution >= 4 is 34.3 Å². The van der Waals surface area contributed by atoms with Crippen LogP contribution in [0.25, 0.3) is 6.08 Å². The van der Waals surface area contributed by atoms with Crippen molar-refractivity contribution in [2.75, 3.05) is 18.4 Å². The van der Waals surface area contributed by atoms with Crippen LogP contribution in [-0.4, -0.2) is 48.6 Å². The second-order valence-corrected chi connectivity index (χ2v) is 8.24. The summed E-state index contributed by atoms with van der Waals surface area (Å²) in [7, 11) is 1.86. The summed E-state index contributed by atoms with van der Waals surface area (Å²) < 4.78 is 1.74. The number of anilines is 2. The minimum Gasteiger partial charge on any atom is -0.339 e. The van der Waals surface area contributed by atoms with Gasteiger partial charge in [0.2, 0.25) is 5.91 Å². The summed E-state index contributed by atoms with van der Waals surface area (Å²) >= 11 is 1.59. The van der Waals surface area contributed by atoms with E-state index in [0.717, 1.165) is 40.1 Å². The van der Waals surface area contributed by atoms with Gasteiger partial charge in [0.25, 0.3) is 0 Å². The molecule has 1 aliphatic rings. The molecule has 0 spiro atoms. The first kappa shape index (κ1) is 19.3. The fourth-order valence-electron chi connectivity index (χ4n) is 3.44. The molecule has 8 nitrogen and oxygen atoms in total. The molecule has 1 aliphatic heterocycles. The van der Waals surface area contributed by atoms with E-state index in [1.54, 1.807) is 40.7 Å². The summed E-state index contributed by atoms with van der Waals surface area (Å²) in [4.78, 5) is 29.0. The fourth-order valence-corrected chi connectivity index (χ4v) is 4.10. The number of hydrogen-bond acceptors (Lipinski definition) is 7. The van der Waals surface area contributed by atoms with E-state index < -0.39 is 0 Å². The van der Waals surface area contributed by atoms with Crippen molar-refractivity contribution in [3.63, 3.8) is 0 Å². The van der Waals surface area contributed by atoms with Gasteiger partial charge in [-0.25, -0.2) is 9.97 Å². The van der Waals surface area contributed by atoms with Gasteiger partial charge in [-0.15, -0.1) is 11.3 Å². The van der Waals surface area contributed by atoms with Crippen LogP contribution >= 0.6 is 11.3 Å². The SMILES string of the molecule is Cc1cnc(Nc2nccnc2C2CCN(C(=O)/C=C/c3ccnn3C)CC2)s1. The summed E-state index contributed by atoms with van der Waals surface area (Å²) in [6.07, 6.45) is 12.1. The van der Waals surface area contributed by atoms with Crippen molar-refractivity contribution in [2.24, 2.45) is 7.05 Å². The van der Waals surface area contributed by atoms with Gasteiger partial charge in [0.15, 0.2) is 10.9 Å². The van der Waals surface area contributed by atoms with Crippen LogP contribution in [-0.2, 0) is 11.8 Å². The zero-order chi connectivity index (χ0) is 20.2. The maximum absolute atomic E-state index is 12.5. The van der Waals surface area contributed by atoms with E-state index in [-0.39, 0.29) is 11.8 Å². The van der Waals surface area contributed by atoms with Crippen LogP contribution in [0.2, 0.25) is 0 Å². The zero-order valence-electron chi connectivity index (χ0n) is 16.4. The van der Waals surface area contributed by atoms with E-state index in [0.29, 0.717) is 13.1 Å². The van der Waals surface area contributed by atoms with Gasteiger partial charge < -0.3 is 10.2 Å². The van der Waals surface area contributed by atoms with Crippen LogP contribution in [0.15, 0.2) is 36.9 Å². The Kier molecular flexibility index (Phi) is 5.66. The van der Waals surface area contributed by atoms with Crippen molar-refractivity contribution < 1.29 is 4.79 Å². The summed E-state index contributed by atoms with van der Waals surface area (Å²) in [5.41, 5.74) is 1.85. The van der Waals surface area contributed by atoms with Gasteiger partial charge in [-0.05, 0) is 31.9 Å². The van der Waals surface area contributed by atoms with Gasteiger partial charge in [0, 0.05) is 61.8 Å². The molecule has 0 atom stereocenters. The molecule has 3 aromatic heterocycles. The third-order valence-corrected chi connectivity index (χ3v) is 5.85. The lowest BCUT2D eigenvalue weighted by Crippen LogP contribution is -2.37. The predicted octanol–water partition coefficient (Wildman–Crippen LogP) is 3.14. The Balaban J connectivity index is 1.39. The van der Waals surface area contributed by atoms with Crippen LogP contribution in [0.5, 0.6) is 0 Å². The Hall–Kier alpha value is -3.07. The highest BCUT2D eigenvalue weighted by atomic mass is 32.1. The largest absolute Gasteiger partial charge is 0.339 e. The summed E-state index contributed by atoms with van der Waals surface area (Å²) in [5.74, 6) is 1.04. The number of piperidine rings is 1. The van der Waals surface area contributed by atoms with Crippen molar-refractivity contribution in [1.82, 2.24) is 29.6 Å². The molecule has 4 rings (SSSR count). The number of carbonyl (C=O) groups excluding carboxylic acids is 1. The van der Waals surface area contributed by atoms with Gasteiger partial charge in [0.05, 0.1) is 11.4 Å². The smallest absolute Gasteiger partial charge is 0.246 e. The molecule has 0 unspecified atom stereocenters. The Labute approximate surface area is 173 Å². The van der Waals surface area contributed by atoms with Crippen LogP contribution in [0, 0.1) is 6.92 Å². The number of carbonyl (C=O) groups is 1. The summed E-state index contributed by atoms with van der Waals surface area (Å²) in [6, 6.07) is 1.88. The minimum absolute atomic E-state index is 0.0282. The van der Waals surface area contributed by atoms with Crippen molar-refractivity contribution in [3.8, 4) is 0 Å². The maximum atomic E-state index is 12.5. The maximum Gasteiger partial charge on any atom is 0.246 e. The molecule has 3 aromatic rings. The number of aryl methyl sites for hydroxylation is 2. The number of nitrogens with zero attached hydrogens (tertiary/aromatic N) is 6. The van der Waals surface area contributed by atoms with Crippen molar-refractivity contribution in [3.05, 3.63) is 53.2 Å². The number of amides is 1. The molecular weight excluding hydrogens is 386 g/mol. The van der Waals surface area contributed by atoms with Crippen LogP contribution in [0.1, 0.15) is 35.0 Å². The monoisotopic (exact) mass is 409 g/mol. The van der Waals surface area contributed by atoms with Gasteiger partial charge in [-0.2, -0.15) is 5.10 Å². The molecule has 0 radical (unpaired) electrons. The molecule has 0 bridgehead atoms. The normalized spacial score (nSPS) is 15.2. The Morgan fingerprint density at radius 1 is 1.21 bits per heavy atom. The number of rotatable bonds is 5. The minimum atomic E-state index is 0.0282. The second-order valence-electron chi connectivity index (χ2n) is 7.00. The highest BCUT2D eigenvalue weighted by Gasteiger charge is 2.26. The molecule has 4 heterocycles. The lowest BCUT2D eigenvalue weighted by atomic mass is 9.93. The molecule has 29 heavy (non-hydrogen) atoms. The number of nitrogens with one attached hydrogen (secondary N) is 1. The van der Waals surface area contributed by atoms with E-state index in [2.05, 4.69) is 25.4 Å². The highest BCUT2D eigenvalue weighted by Crippen LogP contribution is 2.32. The van der Waals surface area contributed by atoms with Crippen LogP contribution < -0.4 is 5.32 Å². The van der Waals surface area contributed by atoms with Gasteiger partial charge >= 0.3 is 0 Å². The molecule has 1 N–H and O–H groups in total. The van der Waals surface area contributed by atoms with Gasteiger partial charge in [0.1, 0.15) is 0 Å². The lowest BCUT2D eigenvalue weighted by Gasteiger charge is -2.31. The Morgan fingerprint density at radius 3 is 2.69 bits per heavy atom. The number of thiazole rings is 1. The first-order valence-electron chi connectivity index (χ1n) is 9.55. The van der Waals surface area contributed by atoms with E-state index >= 15 is 0 Å². The van der Waals surface area contributed by atoms with Crippen molar-refractivity contribution in [1.29, 1.82) is 0 Å². The summed E-state index contributed by atoms with van der Waals surface area (Å²) in [5, 5.41) is 8.22. The van der Waals surface area contributed by atoms with Crippen molar-refractivity contribution in [2.45, 2.75) is 25.7 Å². The molecule has 150 valence electrons. The molecule has 1 saturated heterocycles. The molecule has 0 aromatic carbocycles. The highest BCUT2D eigenvalue weighted by molar-refractivity contribution is 7.15.